The molecule has 0 atom stereocenters. The molecule has 1 aromatic heterocycles. The molecule has 0 radical (unpaired) electrons. The molecule has 0 bridgehead atoms. The lowest BCUT2D eigenvalue weighted by molar-refractivity contribution is 0.311. The first kappa shape index (κ1) is 20.3. The fraction of sp³-hybridized carbons (Fsp3) is 0.273. The van der Waals surface area contributed by atoms with Crippen LogP contribution in [0.5, 0.6) is 11.5 Å². The lowest BCUT2D eigenvalue weighted by atomic mass is 10.2. The van der Waals surface area contributed by atoms with E-state index in [0.29, 0.717) is 36.5 Å². The minimum Gasteiger partial charge on any atom is -0.493 e. The van der Waals surface area contributed by atoms with Crippen LogP contribution < -0.4 is 20.1 Å². The first-order valence-electron chi connectivity index (χ1n) is 9.59. The molecule has 3 aromatic rings. The number of nitrogens with zero attached hydrogens (tertiary/aromatic N) is 2. The summed E-state index contributed by atoms with van der Waals surface area (Å²) in [5.74, 6) is 3.26. The summed E-state index contributed by atoms with van der Waals surface area (Å²) in [6, 6.07) is 15.5. The minimum absolute atomic E-state index is 0.316. The first-order valence-corrected chi connectivity index (χ1v) is 9.59. The molecule has 0 spiro atoms. The van der Waals surface area contributed by atoms with E-state index in [1.165, 1.54) is 0 Å². The third-order valence-electron chi connectivity index (χ3n) is 4.05. The van der Waals surface area contributed by atoms with Gasteiger partial charge in [-0.1, -0.05) is 30.3 Å². The molecule has 0 aliphatic heterocycles. The minimum atomic E-state index is 0.316. The molecule has 7 heteroatoms. The van der Waals surface area contributed by atoms with Gasteiger partial charge in [-0.2, -0.15) is 0 Å². The van der Waals surface area contributed by atoms with Crippen molar-refractivity contribution >= 4 is 11.6 Å². The molecule has 7 nitrogen and oxygen atoms in total. The van der Waals surface area contributed by atoms with Crippen LogP contribution in [0.1, 0.15) is 19.7 Å². The van der Waals surface area contributed by atoms with Gasteiger partial charge in [0, 0.05) is 23.9 Å². The summed E-state index contributed by atoms with van der Waals surface area (Å²) in [6.45, 7) is 5.56. The zero-order valence-corrected chi connectivity index (χ0v) is 16.9. The second-order valence-electron chi connectivity index (χ2n) is 6.10. The van der Waals surface area contributed by atoms with Crippen LogP contribution >= 0.6 is 0 Å². The zero-order chi connectivity index (χ0) is 20.5. The van der Waals surface area contributed by atoms with E-state index in [4.69, 9.17) is 13.9 Å². The van der Waals surface area contributed by atoms with E-state index in [2.05, 4.69) is 20.6 Å². The van der Waals surface area contributed by atoms with Crippen LogP contribution in [0.15, 0.2) is 64.1 Å². The molecule has 0 saturated carbocycles. The Morgan fingerprint density at radius 3 is 2.66 bits per heavy atom. The van der Waals surface area contributed by atoms with Crippen LogP contribution in [0.3, 0.4) is 0 Å². The molecule has 0 fully saturated rings. The van der Waals surface area contributed by atoms with Crippen LogP contribution in [0, 0.1) is 0 Å². The number of aromatic nitrogens is 1. The van der Waals surface area contributed by atoms with E-state index in [9.17, 15) is 0 Å². The SMILES string of the molecule is CCNC(=NCc1ncc(-c2ccccc2)o1)Nc1ccc(OCC)c(OC)c1. The van der Waals surface area contributed by atoms with E-state index >= 15 is 0 Å². The number of ether oxygens (including phenoxy) is 2. The molecule has 29 heavy (non-hydrogen) atoms. The predicted molar refractivity (Wildman–Crippen MR) is 115 cm³/mol. The Hall–Kier alpha value is -3.48. The van der Waals surface area contributed by atoms with Crippen molar-refractivity contribution in [3.05, 3.63) is 60.6 Å². The van der Waals surface area contributed by atoms with E-state index < -0.39 is 0 Å². The van der Waals surface area contributed by atoms with Crippen LogP contribution in [0.4, 0.5) is 5.69 Å². The topological polar surface area (TPSA) is 80.9 Å². The lowest BCUT2D eigenvalue weighted by Crippen LogP contribution is -2.30. The monoisotopic (exact) mass is 394 g/mol. The van der Waals surface area contributed by atoms with E-state index in [0.717, 1.165) is 23.6 Å². The van der Waals surface area contributed by atoms with Gasteiger partial charge < -0.3 is 24.5 Å². The third kappa shape index (κ3) is 5.51. The molecular formula is C22H26N4O3. The molecule has 0 saturated heterocycles. The zero-order valence-electron chi connectivity index (χ0n) is 16.9. The normalized spacial score (nSPS) is 11.2. The summed E-state index contributed by atoms with van der Waals surface area (Å²) in [7, 11) is 1.62. The largest absolute Gasteiger partial charge is 0.493 e. The fourth-order valence-corrected chi connectivity index (χ4v) is 2.73. The van der Waals surface area contributed by atoms with Gasteiger partial charge in [0.25, 0.3) is 0 Å². The number of guanidine groups is 1. The van der Waals surface area contributed by atoms with Gasteiger partial charge in [-0.3, -0.25) is 0 Å². The van der Waals surface area contributed by atoms with Crippen LogP contribution in [-0.4, -0.2) is 31.2 Å². The Balaban J connectivity index is 1.71. The van der Waals surface area contributed by atoms with E-state index in [1.54, 1.807) is 13.3 Å². The Bertz CT molecular complexity index is 938. The van der Waals surface area contributed by atoms with Crippen molar-refractivity contribution in [3.63, 3.8) is 0 Å². The van der Waals surface area contributed by atoms with Crippen LogP contribution in [-0.2, 0) is 6.54 Å². The van der Waals surface area contributed by atoms with Gasteiger partial charge in [0.1, 0.15) is 6.54 Å². The van der Waals surface area contributed by atoms with Gasteiger partial charge in [-0.05, 0) is 26.0 Å². The summed E-state index contributed by atoms with van der Waals surface area (Å²) in [6.07, 6.45) is 1.72. The summed E-state index contributed by atoms with van der Waals surface area (Å²) >= 11 is 0. The van der Waals surface area contributed by atoms with Crippen molar-refractivity contribution in [2.24, 2.45) is 4.99 Å². The second kappa shape index (κ2) is 10.2. The van der Waals surface area contributed by atoms with Crippen molar-refractivity contribution < 1.29 is 13.9 Å². The highest BCUT2D eigenvalue weighted by molar-refractivity contribution is 5.93. The molecule has 0 unspecified atom stereocenters. The number of benzene rings is 2. The maximum atomic E-state index is 5.82. The second-order valence-corrected chi connectivity index (χ2v) is 6.10. The van der Waals surface area contributed by atoms with Crippen LogP contribution in [0.2, 0.25) is 0 Å². The van der Waals surface area contributed by atoms with Gasteiger partial charge in [0.05, 0.1) is 19.9 Å². The third-order valence-corrected chi connectivity index (χ3v) is 4.05. The molecule has 152 valence electrons. The van der Waals surface area contributed by atoms with E-state index in [-0.39, 0.29) is 0 Å². The van der Waals surface area contributed by atoms with Gasteiger partial charge in [0.2, 0.25) is 5.89 Å². The Morgan fingerprint density at radius 2 is 1.93 bits per heavy atom. The molecule has 1 heterocycles. The standard InChI is InChI=1S/C22H26N4O3/c1-4-23-22(26-17-11-12-18(28-5-2)19(13-17)27-3)25-15-21-24-14-20(29-21)16-9-7-6-8-10-16/h6-14H,4-5,15H2,1-3H3,(H2,23,25,26). The molecular weight excluding hydrogens is 368 g/mol. The maximum Gasteiger partial charge on any atom is 0.216 e. The highest BCUT2D eigenvalue weighted by Gasteiger charge is 2.09. The molecule has 3 rings (SSSR count). The van der Waals surface area contributed by atoms with Crippen molar-refractivity contribution in [2.45, 2.75) is 20.4 Å². The highest BCUT2D eigenvalue weighted by Crippen LogP contribution is 2.30. The molecule has 0 aliphatic rings. The van der Waals surface area contributed by atoms with Crippen molar-refractivity contribution in [1.29, 1.82) is 0 Å². The number of oxazole rings is 1. The smallest absolute Gasteiger partial charge is 0.216 e. The summed E-state index contributed by atoms with van der Waals surface area (Å²) < 4.78 is 16.8. The molecule has 2 aromatic carbocycles. The number of nitrogens with one attached hydrogen (secondary N) is 2. The molecule has 0 amide bonds. The quantitative estimate of drug-likeness (QED) is 0.437. The fourth-order valence-electron chi connectivity index (χ4n) is 2.73. The van der Waals surface area contributed by atoms with Crippen molar-refractivity contribution in [2.75, 3.05) is 25.6 Å². The van der Waals surface area contributed by atoms with Crippen molar-refractivity contribution in [1.82, 2.24) is 10.3 Å². The number of aliphatic imine (C=N–C) groups is 1. The average Bonchev–Trinajstić information content (AvgIpc) is 3.23. The summed E-state index contributed by atoms with van der Waals surface area (Å²) in [5, 5.41) is 6.48. The summed E-state index contributed by atoms with van der Waals surface area (Å²) in [4.78, 5) is 8.89. The van der Waals surface area contributed by atoms with Crippen molar-refractivity contribution in [3.8, 4) is 22.8 Å². The Kier molecular flexibility index (Phi) is 7.10. The first-order chi connectivity index (χ1) is 14.2. The molecule has 0 aliphatic carbocycles. The van der Waals surface area contributed by atoms with Gasteiger partial charge in [0.15, 0.2) is 23.2 Å². The maximum absolute atomic E-state index is 5.82. The summed E-state index contributed by atoms with van der Waals surface area (Å²) in [5.41, 5.74) is 1.82. The number of hydrogen-bond acceptors (Lipinski definition) is 5. The highest BCUT2D eigenvalue weighted by atomic mass is 16.5. The Morgan fingerprint density at radius 1 is 1.10 bits per heavy atom. The van der Waals surface area contributed by atoms with Gasteiger partial charge in [-0.25, -0.2) is 9.98 Å². The Labute approximate surface area is 170 Å². The number of anilines is 1. The van der Waals surface area contributed by atoms with Gasteiger partial charge in [-0.15, -0.1) is 0 Å². The van der Waals surface area contributed by atoms with Gasteiger partial charge >= 0.3 is 0 Å². The van der Waals surface area contributed by atoms with Crippen LogP contribution in [0.25, 0.3) is 11.3 Å². The van der Waals surface area contributed by atoms with E-state index in [1.807, 2.05) is 62.4 Å². The number of methoxy groups -OCH3 is 1. The number of hydrogen-bond donors (Lipinski definition) is 2. The average molecular weight is 394 g/mol. The predicted octanol–water partition coefficient (Wildman–Crippen LogP) is 4.33. The lowest BCUT2D eigenvalue weighted by Gasteiger charge is -2.14. The molecule has 2 N–H and O–H groups in total. The number of rotatable bonds is 8.